The quantitative estimate of drug-likeness (QED) is 0.629. The predicted octanol–water partition coefficient (Wildman–Crippen LogP) is 2.92. The van der Waals surface area contributed by atoms with E-state index >= 15 is 0 Å². The Hall–Kier alpha value is -3.75. The number of benzene rings is 2. The highest BCUT2D eigenvalue weighted by Gasteiger charge is 2.21. The fraction of sp³-hybridized carbons (Fsp3) is 0.190. The van der Waals surface area contributed by atoms with Crippen LogP contribution in [0.5, 0.6) is 5.75 Å². The van der Waals surface area contributed by atoms with E-state index in [2.05, 4.69) is 16.0 Å². The summed E-state index contributed by atoms with van der Waals surface area (Å²) in [6.45, 7) is 4.75. The number of rotatable bonds is 5. The summed E-state index contributed by atoms with van der Waals surface area (Å²) in [4.78, 5) is 24.5. The molecule has 0 atom stereocenters. The molecule has 0 fully saturated rings. The van der Waals surface area contributed by atoms with Crippen LogP contribution in [0.2, 0.25) is 0 Å². The minimum absolute atomic E-state index is 0.00615. The molecule has 3 rings (SSSR count). The lowest BCUT2D eigenvalue weighted by Gasteiger charge is -2.10. The first-order valence-electron chi connectivity index (χ1n) is 9.06. The van der Waals surface area contributed by atoms with Crippen LogP contribution in [0.4, 0.5) is 8.78 Å². The van der Waals surface area contributed by atoms with E-state index in [9.17, 15) is 18.4 Å². The molecule has 0 aliphatic heterocycles. The monoisotopic (exact) mass is 414 g/mol. The molecule has 7 nitrogen and oxygen atoms in total. The number of nitrogens with zero attached hydrogens (tertiary/aromatic N) is 2. The van der Waals surface area contributed by atoms with E-state index in [4.69, 9.17) is 4.74 Å². The number of halogens is 2. The minimum Gasteiger partial charge on any atom is -0.484 e. The van der Waals surface area contributed by atoms with Gasteiger partial charge in [-0.15, -0.1) is 0 Å². The number of carbonyl (C=O) groups is 2. The van der Waals surface area contributed by atoms with E-state index in [-0.39, 0.29) is 17.9 Å². The molecule has 0 spiro atoms. The van der Waals surface area contributed by atoms with Crippen molar-refractivity contribution in [3.8, 4) is 11.4 Å². The second-order valence-corrected chi connectivity index (χ2v) is 6.66. The molecule has 0 saturated heterocycles. The van der Waals surface area contributed by atoms with Gasteiger partial charge in [-0.1, -0.05) is 12.1 Å². The molecule has 0 unspecified atom stereocenters. The topological polar surface area (TPSA) is 85.2 Å². The van der Waals surface area contributed by atoms with Crippen molar-refractivity contribution in [1.29, 1.82) is 0 Å². The zero-order chi connectivity index (χ0) is 21.8. The lowest BCUT2D eigenvalue weighted by atomic mass is 10.2. The van der Waals surface area contributed by atoms with Crippen molar-refractivity contribution in [2.45, 2.75) is 20.8 Å². The van der Waals surface area contributed by atoms with Gasteiger partial charge in [0.25, 0.3) is 11.8 Å². The molecule has 2 aromatic carbocycles. The van der Waals surface area contributed by atoms with Crippen LogP contribution >= 0.6 is 0 Å². The molecule has 0 radical (unpaired) electrons. The summed E-state index contributed by atoms with van der Waals surface area (Å²) >= 11 is 0. The molecule has 1 heterocycles. The molecular weight excluding hydrogens is 394 g/mol. The third kappa shape index (κ3) is 4.62. The zero-order valence-corrected chi connectivity index (χ0v) is 16.6. The van der Waals surface area contributed by atoms with E-state index in [0.717, 1.165) is 17.7 Å². The number of nitrogens with one attached hydrogen (secondary N) is 2. The molecule has 0 saturated carbocycles. The van der Waals surface area contributed by atoms with E-state index in [1.54, 1.807) is 32.0 Å². The fourth-order valence-corrected chi connectivity index (χ4v) is 2.94. The Labute approximate surface area is 171 Å². The Morgan fingerprint density at radius 3 is 2.53 bits per heavy atom. The van der Waals surface area contributed by atoms with Crippen LogP contribution in [-0.4, -0.2) is 28.2 Å². The SMILES string of the molecule is Cc1cccc(OCC(=O)NNC(=O)c2c(C)nn(-c3ccc(F)cc3F)c2C)c1. The second kappa shape index (κ2) is 8.73. The first-order chi connectivity index (χ1) is 14.3. The van der Waals surface area contributed by atoms with Crippen molar-refractivity contribution in [3.63, 3.8) is 0 Å². The summed E-state index contributed by atoms with van der Waals surface area (Å²) in [5, 5.41) is 4.16. The summed E-state index contributed by atoms with van der Waals surface area (Å²) in [5.74, 6) is -2.17. The normalized spacial score (nSPS) is 10.6. The summed E-state index contributed by atoms with van der Waals surface area (Å²) < 4.78 is 33.8. The summed E-state index contributed by atoms with van der Waals surface area (Å²) in [6, 6.07) is 10.3. The number of aromatic nitrogens is 2. The van der Waals surface area contributed by atoms with Crippen LogP contribution in [-0.2, 0) is 4.79 Å². The Morgan fingerprint density at radius 1 is 1.07 bits per heavy atom. The first kappa shape index (κ1) is 21.0. The average molecular weight is 414 g/mol. The molecule has 0 aliphatic rings. The molecule has 1 aromatic heterocycles. The summed E-state index contributed by atoms with van der Waals surface area (Å²) in [5.41, 5.74) is 6.37. The predicted molar refractivity (Wildman–Crippen MR) is 105 cm³/mol. The molecular formula is C21H20F2N4O3. The Balaban J connectivity index is 1.65. The van der Waals surface area contributed by atoms with Gasteiger partial charge in [-0.3, -0.25) is 20.4 Å². The Kier molecular flexibility index (Phi) is 6.10. The van der Waals surface area contributed by atoms with E-state index in [1.165, 1.54) is 10.7 Å². The van der Waals surface area contributed by atoms with Crippen molar-refractivity contribution >= 4 is 11.8 Å². The maximum Gasteiger partial charge on any atom is 0.276 e. The van der Waals surface area contributed by atoms with Crippen molar-refractivity contribution in [1.82, 2.24) is 20.6 Å². The second-order valence-electron chi connectivity index (χ2n) is 6.66. The van der Waals surface area contributed by atoms with Gasteiger partial charge in [0, 0.05) is 6.07 Å². The minimum atomic E-state index is -0.811. The van der Waals surface area contributed by atoms with Gasteiger partial charge in [0.15, 0.2) is 12.4 Å². The van der Waals surface area contributed by atoms with E-state index in [0.29, 0.717) is 17.1 Å². The number of hydrogen-bond donors (Lipinski definition) is 2. The third-order valence-corrected chi connectivity index (χ3v) is 4.33. The third-order valence-electron chi connectivity index (χ3n) is 4.33. The Bertz CT molecular complexity index is 1110. The van der Waals surface area contributed by atoms with Gasteiger partial charge in [-0.25, -0.2) is 13.5 Å². The van der Waals surface area contributed by atoms with Gasteiger partial charge < -0.3 is 4.74 Å². The number of ether oxygens (including phenoxy) is 1. The molecule has 9 heteroatoms. The average Bonchev–Trinajstić information content (AvgIpc) is 2.98. The highest BCUT2D eigenvalue weighted by atomic mass is 19.1. The molecule has 3 aromatic rings. The molecule has 0 aliphatic carbocycles. The van der Waals surface area contributed by atoms with Gasteiger partial charge in [0.2, 0.25) is 0 Å². The lowest BCUT2D eigenvalue weighted by Crippen LogP contribution is -2.44. The molecule has 0 bridgehead atoms. The summed E-state index contributed by atoms with van der Waals surface area (Å²) in [7, 11) is 0. The van der Waals surface area contributed by atoms with E-state index < -0.39 is 23.4 Å². The maximum atomic E-state index is 14.1. The van der Waals surface area contributed by atoms with Gasteiger partial charge >= 0.3 is 0 Å². The maximum absolute atomic E-state index is 14.1. The number of hydrogen-bond acceptors (Lipinski definition) is 4. The van der Waals surface area contributed by atoms with Crippen LogP contribution in [0.1, 0.15) is 27.3 Å². The van der Waals surface area contributed by atoms with Crippen LogP contribution in [0.3, 0.4) is 0 Å². The fourth-order valence-electron chi connectivity index (χ4n) is 2.94. The first-order valence-corrected chi connectivity index (χ1v) is 9.06. The van der Waals surface area contributed by atoms with Crippen LogP contribution in [0, 0.1) is 32.4 Å². The molecule has 30 heavy (non-hydrogen) atoms. The smallest absolute Gasteiger partial charge is 0.276 e. The van der Waals surface area contributed by atoms with Gasteiger partial charge in [0.1, 0.15) is 17.3 Å². The van der Waals surface area contributed by atoms with Gasteiger partial charge in [-0.2, -0.15) is 5.10 Å². The Morgan fingerprint density at radius 2 is 1.83 bits per heavy atom. The van der Waals surface area contributed by atoms with Gasteiger partial charge in [-0.05, 0) is 50.6 Å². The number of aryl methyl sites for hydroxylation is 2. The number of hydrazine groups is 1. The van der Waals surface area contributed by atoms with Crippen LogP contribution < -0.4 is 15.6 Å². The van der Waals surface area contributed by atoms with Crippen LogP contribution in [0.25, 0.3) is 5.69 Å². The van der Waals surface area contributed by atoms with Gasteiger partial charge in [0.05, 0.1) is 17.0 Å². The largest absolute Gasteiger partial charge is 0.484 e. The molecule has 2 amide bonds. The molecule has 2 N–H and O–H groups in total. The van der Waals surface area contributed by atoms with Crippen molar-refractivity contribution in [2.75, 3.05) is 6.61 Å². The van der Waals surface area contributed by atoms with Crippen molar-refractivity contribution < 1.29 is 23.1 Å². The highest BCUT2D eigenvalue weighted by Crippen LogP contribution is 2.20. The lowest BCUT2D eigenvalue weighted by molar-refractivity contribution is -0.123. The zero-order valence-electron chi connectivity index (χ0n) is 16.6. The highest BCUT2D eigenvalue weighted by molar-refractivity contribution is 5.97. The van der Waals surface area contributed by atoms with Crippen molar-refractivity contribution in [2.24, 2.45) is 0 Å². The van der Waals surface area contributed by atoms with Crippen molar-refractivity contribution in [3.05, 3.63) is 76.6 Å². The number of amides is 2. The standard InChI is InChI=1S/C21H20F2N4O3/c1-12-5-4-6-16(9-12)30-11-19(28)24-25-21(29)20-13(2)26-27(14(20)3)18-8-7-15(22)10-17(18)23/h4-10H,11H2,1-3H3,(H,24,28)(H,25,29). The number of carbonyl (C=O) groups excluding carboxylic acids is 2. The van der Waals surface area contributed by atoms with E-state index in [1.807, 2.05) is 13.0 Å². The van der Waals surface area contributed by atoms with Crippen LogP contribution in [0.15, 0.2) is 42.5 Å². The molecule has 156 valence electrons. The summed E-state index contributed by atoms with van der Waals surface area (Å²) in [6.07, 6.45) is 0.